The molecule has 1 saturated carbocycles. The van der Waals surface area contributed by atoms with Gasteiger partial charge in [-0.05, 0) is 43.2 Å². The van der Waals surface area contributed by atoms with Gasteiger partial charge in [-0.2, -0.15) is 0 Å². The molecule has 178 valence electrons. The van der Waals surface area contributed by atoms with Crippen LogP contribution in [-0.4, -0.2) is 40.5 Å². The number of fused-ring (bicyclic) bond motifs is 3. The standard InChI is InChI=1S/C25H35N5O3/c1-15(2)21(22(26)31)29-23(32)25(30-24(33)27-16-8-4-3-5-9-16)13-12-20-18(14-25)17-10-6-7-11-19(17)28-20/h6-7,10-11,15-16,21,28H,3-5,8-9,12-14H2,1-2H3,(H2,26,31)(H,29,32)(H2,27,30,33)/t21-,25-/m0/s1. The van der Waals surface area contributed by atoms with Gasteiger partial charge in [0.05, 0.1) is 0 Å². The zero-order valence-corrected chi connectivity index (χ0v) is 19.5. The number of aromatic amines is 1. The number of carbonyl (C=O) groups is 3. The van der Waals surface area contributed by atoms with Crippen molar-refractivity contribution in [2.75, 3.05) is 0 Å². The molecule has 0 saturated heterocycles. The molecule has 4 amide bonds. The van der Waals surface area contributed by atoms with Gasteiger partial charge < -0.3 is 26.7 Å². The molecule has 8 heteroatoms. The molecule has 2 atom stereocenters. The molecule has 1 aromatic heterocycles. The molecule has 0 spiro atoms. The van der Waals surface area contributed by atoms with Crippen molar-refractivity contribution in [1.82, 2.24) is 20.9 Å². The van der Waals surface area contributed by atoms with Crippen molar-refractivity contribution in [3.05, 3.63) is 35.5 Å². The average molecular weight is 454 g/mol. The SMILES string of the molecule is CC(C)[C@H](NC(=O)[C@]1(NC(=O)NC2CCCCC2)CCc2[nH]c3ccccc3c2C1)C(N)=O. The monoisotopic (exact) mass is 453 g/mol. The Morgan fingerprint density at radius 2 is 1.85 bits per heavy atom. The highest BCUT2D eigenvalue weighted by Gasteiger charge is 2.45. The maximum absolute atomic E-state index is 13.7. The zero-order chi connectivity index (χ0) is 23.6. The van der Waals surface area contributed by atoms with Gasteiger partial charge in [-0.25, -0.2) is 4.79 Å². The van der Waals surface area contributed by atoms with Crippen LogP contribution in [-0.2, 0) is 22.4 Å². The fraction of sp³-hybridized carbons (Fsp3) is 0.560. The van der Waals surface area contributed by atoms with Gasteiger partial charge in [0, 0.05) is 29.1 Å². The molecule has 1 fully saturated rings. The molecule has 1 heterocycles. The van der Waals surface area contributed by atoms with Crippen molar-refractivity contribution in [3.8, 4) is 0 Å². The normalized spacial score (nSPS) is 21.9. The maximum atomic E-state index is 13.7. The lowest BCUT2D eigenvalue weighted by atomic mass is 9.78. The molecule has 8 nitrogen and oxygen atoms in total. The maximum Gasteiger partial charge on any atom is 0.315 e. The van der Waals surface area contributed by atoms with E-state index < -0.39 is 17.5 Å². The minimum Gasteiger partial charge on any atom is -0.368 e. The highest BCUT2D eigenvalue weighted by atomic mass is 16.2. The summed E-state index contributed by atoms with van der Waals surface area (Å²) in [7, 11) is 0. The smallest absolute Gasteiger partial charge is 0.315 e. The summed E-state index contributed by atoms with van der Waals surface area (Å²) in [5, 5.41) is 9.99. The highest BCUT2D eigenvalue weighted by molar-refractivity contribution is 5.96. The van der Waals surface area contributed by atoms with E-state index in [4.69, 9.17) is 5.73 Å². The molecule has 2 aliphatic rings. The lowest BCUT2D eigenvalue weighted by Crippen LogP contribution is -2.66. The first-order chi connectivity index (χ1) is 15.8. The molecular weight excluding hydrogens is 418 g/mol. The lowest BCUT2D eigenvalue weighted by Gasteiger charge is -2.38. The minimum atomic E-state index is -1.17. The van der Waals surface area contributed by atoms with Crippen LogP contribution >= 0.6 is 0 Å². The van der Waals surface area contributed by atoms with Crippen LogP contribution in [0, 0.1) is 5.92 Å². The minimum absolute atomic E-state index is 0.125. The van der Waals surface area contributed by atoms with E-state index in [1.165, 1.54) is 6.42 Å². The Bertz CT molecular complexity index is 1040. The number of H-pyrrole nitrogens is 1. The first-order valence-corrected chi connectivity index (χ1v) is 12.1. The number of primary amides is 1. The number of aryl methyl sites for hydroxylation is 1. The first kappa shape index (κ1) is 23.1. The number of benzene rings is 1. The first-order valence-electron chi connectivity index (χ1n) is 12.1. The third-order valence-corrected chi connectivity index (χ3v) is 7.17. The number of hydrogen-bond acceptors (Lipinski definition) is 3. The second kappa shape index (κ2) is 9.45. The summed E-state index contributed by atoms with van der Waals surface area (Å²) in [4.78, 5) is 42.2. The Morgan fingerprint density at radius 1 is 1.12 bits per heavy atom. The number of hydrogen-bond donors (Lipinski definition) is 5. The third kappa shape index (κ3) is 4.84. The van der Waals surface area contributed by atoms with Gasteiger partial charge in [-0.3, -0.25) is 9.59 Å². The Labute approximate surface area is 194 Å². The molecule has 33 heavy (non-hydrogen) atoms. The van der Waals surface area contributed by atoms with Gasteiger partial charge in [-0.1, -0.05) is 51.3 Å². The number of urea groups is 1. The van der Waals surface area contributed by atoms with E-state index in [2.05, 4.69) is 20.9 Å². The van der Waals surface area contributed by atoms with Crippen molar-refractivity contribution in [2.45, 2.75) is 82.8 Å². The number of rotatable bonds is 6. The fourth-order valence-electron chi connectivity index (χ4n) is 5.29. The summed E-state index contributed by atoms with van der Waals surface area (Å²) in [5.74, 6) is -1.11. The molecule has 0 unspecified atom stereocenters. The van der Waals surface area contributed by atoms with E-state index in [1.54, 1.807) is 0 Å². The summed E-state index contributed by atoms with van der Waals surface area (Å²) < 4.78 is 0. The number of nitrogens with one attached hydrogen (secondary N) is 4. The predicted molar refractivity (Wildman–Crippen MR) is 128 cm³/mol. The molecule has 2 aliphatic carbocycles. The van der Waals surface area contributed by atoms with Gasteiger partial charge in [0.1, 0.15) is 11.6 Å². The van der Waals surface area contributed by atoms with Crippen LogP contribution in [0.15, 0.2) is 24.3 Å². The largest absolute Gasteiger partial charge is 0.368 e. The summed E-state index contributed by atoms with van der Waals surface area (Å²) in [6.07, 6.45) is 6.70. The van der Waals surface area contributed by atoms with Crippen LogP contribution < -0.4 is 21.7 Å². The van der Waals surface area contributed by atoms with Crippen LogP contribution in [0.5, 0.6) is 0 Å². The number of carbonyl (C=O) groups excluding carboxylic acids is 3. The molecule has 1 aromatic carbocycles. The van der Waals surface area contributed by atoms with Crippen LogP contribution in [0.2, 0.25) is 0 Å². The van der Waals surface area contributed by atoms with E-state index in [0.29, 0.717) is 19.3 Å². The molecule has 4 rings (SSSR count). The van der Waals surface area contributed by atoms with E-state index in [1.807, 2.05) is 38.1 Å². The van der Waals surface area contributed by atoms with Gasteiger partial charge >= 0.3 is 6.03 Å². The van der Waals surface area contributed by atoms with Crippen LogP contribution in [0.4, 0.5) is 4.79 Å². The van der Waals surface area contributed by atoms with Crippen molar-refractivity contribution in [3.63, 3.8) is 0 Å². The van der Waals surface area contributed by atoms with E-state index >= 15 is 0 Å². The summed E-state index contributed by atoms with van der Waals surface area (Å²) in [6.45, 7) is 3.68. The highest BCUT2D eigenvalue weighted by Crippen LogP contribution is 2.34. The molecule has 0 aliphatic heterocycles. The Balaban J connectivity index is 1.62. The lowest BCUT2D eigenvalue weighted by molar-refractivity contribution is -0.132. The summed E-state index contributed by atoms with van der Waals surface area (Å²) in [6, 6.07) is 6.97. The average Bonchev–Trinajstić information content (AvgIpc) is 3.15. The third-order valence-electron chi connectivity index (χ3n) is 7.17. The van der Waals surface area contributed by atoms with Crippen molar-refractivity contribution in [2.24, 2.45) is 11.7 Å². The van der Waals surface area contributed by atoms with E-state index in [-0.39, 0.29) is 23.9 Å². The topological polar surface area (TPSA) is 129 Å². The summed E-state index contributed by atoms with van der Waals surface area (Å²) >= 11 is 0. The molecule has 0 radical (unpaired) electrons. The van der Waals surface area contributed by atoms with Crippen LogP contribution in [0.1, 0.15) is 63.6 Å². The quantitative estimate of drug-likeness (QED) is 0.461. The fourth-order valence-corrected chi connectivity index (χ4v) is 5.29. The Hall–Kier alpha value is -3.03. The summed E-state index contributed by atoms with van der Waals surface area (Å²) in [5.41, 5.74) is 7.53. The van der Waals surface area contributed by atoms with E-state index in [0.717, 1.165) is 47.8 Å². The van der Waals surface area contributed by atoms with Gasteiger partial charge in [0.15, 0.2) is 0 Å². The molecule has 2 aromatic rings. The Morgan fingerprint density at radius 3 is 2.55 bits per heavy atom. The van der Waals surface area contributed by atoms with Gasteiger partial charge in [0.25, 0.3) is 0 Å². The molecule has 6 N–H and O–H groups in total. The predicted octanol–water partition coefficient (Wildman–Crippen LogP) is 2.65. The zero-order valence-electron chi connectivity index (χ0n) is 19.5. The number of amides is 4. The van der Waals surface area contributed by atoms with Gasteiger partial charge in [-0.15, -0.1) is 0 Å². The van der Waals surface area contributed by atoms with Crippen LogP contribution in [0.25, 0.3) is 10.9 Å². The van der Waals surface area contributed by atoms with E-state index in [9.17, 15) is 14.4 Å². The number of nitrogens with two attached hydrogens (primary N) is 1. The van der Waals surface area contributed by atoms with Crippen LogP contribution in [0.3, 0.4) is 0 Å². The van der Waals surface area contributed by atoms with Crippen molar-refractivity contribution >= 4 is 28.7 Å². The molecular formula is C25H35N5O3. The molecule has 0 bridgehead atoms. The number of aromatic nitrogens is 1. The van der Waals surface area contributed by atoms with Crippen molar-refractivity contribution < 1.29 is 14.4 Å². The second-order valence-electron chi connectivity index (χ2n) is 9.92. The second-order valence-corrected chi connectivity index (χ2v) is 9.92. The van der Waals surface area contributed by atoms with Gasteiger partial charge in [0.2, 0.25) is 11.8 Å². The number of para-hydroxylation sites is 1. The van der Waals surface area contributed by atoms with Crippen molar-refractivity contribution in [1.29, 1.82) is 0 Å². The Kier molecular flexibility index (Phi) is 6.63.